The second kappa shape index (κ2) is 6.24. The predicted molar refractivity (Wildman–Crippen MR) is 44.4 cm³/mol. The Morgan fingerprint density at radius 3 is 3.00 bits per heavy atom. The van der Waals surface area contributed by atoms with Gasteiger partial charge in [-0.25, -0.2) is 4.79 Å². The quantitative estimate of drug-likeness (QED) is 0.211. The maximum Gasteiger partial charge on any atom is 0.330 e. The lowest BCUT2D eigenvalue weighted by atomic mass is 10.3. The van der Waals surface area contributed by atoms with Crippen LogP contribution in [0, 0.1) is 0 Å². The molecule has 0 saturated carbocycles. The molecule has 1 atom stereocenters. The van der Waals surface area contributed by atoms with Crippen molar-refractivity contribution in [3.63, 3.8) is 0 Å². The van der Waals surface area contributed by atoms with Crippen molar-refractivity contribution in [2.45, 2.75) is 19.9 Å². The largest absolute Gasteiger partial charge is 0.463 e. The first-order valence-corrected chi connectivity index (χ1v) is 3.59. The highest BCUT2D eigenvalue weighted by Crippen LogP contribution is 1.92. The van der Waals surface area contributed by atoms with Crippen molar-refractivity contribution >= 4 is 5.97 Å². The monoisotopic (exact) mass is 169 g/mol. The highest BCUT2D eigenvalue weighted by atomic mass is 16.5. The van der Waals surface area contributed by atoms with Crippen LogP contribution in [0.1, 0.15) is 13.8 Å². The Kier molecular flexibility index (Phi) is 5.47. The Morgan fingerprint density at radius 1 is 1.83 bits per heavy atom. The number of esters is 1. The van der Waals surface area contributed by atoms with Gasteiger partial charge in [-0.3, -0.25) is 0 Å². The van der Waals surface area contributed by atoms with E-state index in [4.69, 9.17) is 5.53 Å². The molecule has 0 spiro atoms. The predicted octanol–water partition coefficient (Wildman–Crippen LogP) is 1.80. The van der Waals surface area contributed by atoms with Gasteiger partial charge >= 0.3 is 5.97 Å². The van der Waals surface area contributed by atoms with Gasteiger partial charge in [0.2, 0.25) is 0 Å². The third-order valence-corrected chi connectivity index (χ3v) is 1.03. The third kappa shape index (κ3) is 5.32. The molecular formula is C7H11N3O2. The van der Waals surface area contributed by atoms with Crippen LogP contribution in [0.15, 0.2) is 17.3 Å². The van der Waals surface area contributed by atoms with Gasteiger partial charge in [0.1, 0.15) is 0 Å². The van der Waals surface area contributed by atoms with Crippen LogP contribution >= 0.6 is 0 Å². The van der Waals surface area contributed by atoms with Gasteiger partial charge in [-0.1, -0.05) is 18.1 Å². The van der Waals surface area contributed by atoms with Crippen LogP contribution in [0.4, 0.5) is 0 Å². The van der Waals surface area contributed by atoms with Crippen molar-refractivity contribution < 1.29 is 9.53 Å². The molecule has 0 heterocycles. The zero-order valence-electron chi connectivity index (χ0n) is 7.10. The van der Waals surface area contributed by atoms with Crippen LogP contribution in [0.2, 0.25) is 0 Å². The summed E-state index contributed by atoms with van der Waals surface area (Å²) in [5.41, 5.74) is 8.01. The summed E-state index contributed by atoms with van der Waals surface area (Å²) in [5.74, 6) is -0.419. The fourth-order valence-electron chi connectivity index (χ4n) is 0.528. The number of ether oxygens (including phenoxy) is 1. The molecule has 0 aromatic carbocycles. The number of hydrogen-bond donors (Lipinski definition) is 0. The summed E-state index contributed by atoms with van der Waals surface area (Å²) in [6.07, 6.45) is 2.74. The van der Waals surface area contributed by atoms with Gasteiger partial charge < -0.3 is 4.74 Å². The first kappa shape index (κ1) is 10.5. The van der Waals surface area contributed by atoms with Crippen LogP contribution in [0.25, 0.3) is 10.4 Å². The Labute approximate surface area is 70.6 Å². The van der Waals surface area contributed by atoms with E-state index in [-0.39, 0.29) is 6.04 Å². The van der Waals surface area contributed by atoms with Gasteiger partial charge in [-0.05, 0) is 12.5 Å². The molecule has 0 rings (SSSR count). The molecule has 5 nitrogen and oxygen atoms in total. The lowest BCUT2D eigenvalue weighted by Crippen LogP contribution is -2.00. The molecule has 0 N–H and O–H groups in total. The van der Waals surface area contributed by atoms with Crippen molar-refractivity contribution in [3.8, 4) is 0 Å². The second-order valence-corrected chi connectivity index (χ2v) is 2.06. The highest BCUT2D eigenvalue weighted by Gasteiger charge is 1.95. The molecule has 0 saturated heterocycles. The minimum Gasteiger partial charge on any atom is -0.463 e. The van der Waals surface area contributed by atoms with Crippen LogP contribution in [0.3, 0.4) is 0 Å². The molecule has 66 valence electrons. The standard InChI is InChI=1S/C7H11N3O2/c1-3-12-7(11)5-4-6(2)9-10-8/h4-6H,3H2,1-2H3/b5-4+/t6-/m1/s1. The first-order chi connectivity index (χ1) is 5.70. The highest BCUT2D eigenvalue weighted by molar-refractivity contribution is 5.81. The van der Waals surface area contributed by atoms with E-state index >= 15 is 0 Å². The zero-order chi connectivity index (χ0) is 9.40. The van der Waals surface area contributed by atoms with Gasteiger partial charge in [-0.2, -0.15) is 0 Å². The maximum absolute atomic E-state index is 10.7. The third-order valence-electron chi connectivity index (χ3n) is 1.03. The summed E-state index contributed by atoms with van der Waals surface area (Å²) in [6, 6.07) is -0.320. The number of rotatable bonds is 4. The van der Waals surface area contributed by atoms with E-state index in [9.17, 15) is 4.79 Å². The van der Waals surface area contributed by atoms with Gasteiger partial charge in [-0.15, -0.1) is 0 Å². The number of azide groups is 1. The molecule has 0 bridgehead atoms. The van der Waals surface area contributed by atoms with E-state index in [0.29, 0.717) is 6.61 Å². The van der Waals surface area contributed by atoms with Crippen LogP contribution < -0.4 is 0 Å². The Morgan fingerprint density at radius 2 is 2.50 bits per heavy atom. The van der Waals surface area contributed by atoms with E-state index in [1.165, 1.54) is 12.2 Å². The Hall–Kier alpha value is -1.48. The van der Waals surface area contributed by atoms with Gasteiger partial charge in [0.25, 0.3) is 0 Å². The average Bonchev–Trinajstić information content (AvgIpc) is 2.02. The number of hydrogen-bond acceptors (Lipinski definition) is 3. The summed E-state index contributed by atoms with van der Waals surface area (Å²) in [7, 11) is 0. The fourth-order valence-corrected chi connectivity index (χ4v) is 0.528. The van der Waals surface area contributed by atoms with Gasteiger partial charge in [0.15, 0.2) is 0 Å². The van der Waals surface area contributed by atoms with Gasteiger partial charge in [0.05, 0.1) is 12.6 Å². The van der Waals surface area contributed by atoms with E-state index < -0.39 is 5.97 Å². The van der Waals surface area contributed by atoms with Crippen molar-refractivity contribution in [2.24, 2.45) is 5.11 Å². The molecule has 0 amide bonds. The van der Waals surface area contributed by atoms with E-state index in [2.05, 4.69) is 14.8 Å². The van der Waals surface area contributed by atoms with E-state index in [1.54, 1.807) is 13.8 Å². The molecule has 5 heteroatoms. The molecule has 0 aliphatic rings. The van der Waals surface area contributed by atoms with Crippen molar-refractivity contribution in [1.82, 2.24) is 0 Å². The van der Waals surface area contributed by atoms with E-state index in [1.807, 2.05) is 0 Å². The number of nitrogens with zero attached hydrogens (tertiary/aromatic N) is 3. The number of carbonyl (C=O) groups is 1. The molecule has 0 aromatic heterocycles. The molecular weight excluding hydrogens is 158 g/mol. The molecule has 0 radical (unpaired) electrons. The van der Waals surface area contributed by atoms with Crippen molar-refractivity contribution in [1.29, 1.82) is 0 Å². The van der Waals surface area contributed by atoms with E-state index in [0.717, 1.165) is 0 Å². The number of carbonyl (C=O) groups excluding carboxylic acids is 1. The topological polar surface area (TPSA) is 75.1 Å². The van der Waals surface area contributed by atoms with Crippen LogP contribution in [-0.4, -0.2) is 18.6 Å². The summed E-state index contributed by atoms with van der Waals surface area (Å²) in [5, 5.41) is 3.34. The summed E-state index contributed by atoms with van der Waals surface area (Å²) >= 11 is 0. The zero-order valence-corrected chi connectivity index (χ0v) is 7.10. The summed E-state index contributed by atoms with van der Waals surface area (Å²) < 4.78 is 4.61. The summed E-state index contributed by atoms with van der Waals surface area (Å²) in [6.45, 7) is 3.75. The van der Waals surface area contributed by atoms with Crippen LogP contribution in [-0.2, 0) is 9.53 Å². The lowest BCUT2D eigenvalue weighted by Gasteiger charge is -1.95. The molecule has 12 heavy (non-hydrogen) atoms. The Bertz CT molecular complexity index is 219. The van der Waals surface area contributed by atoms with Gasteiger partial charge in [0, 0.05) is 11.0 Å². The lowest BCUT2D eigenvalue weighted by molar-refractivity contribution is -0.137. The Balaban J connectivity index is 3.88. The summed E-state index contributed by atoms with van der Waals surface area (Å²) in [4.78, 5) is 13.3. The maximum atomic E-state index is 10.7. The minimum absolute atomic E-state index is 0.320. The van der Waals surface area contributed by atoms with Crippen molar-refractivity contribution in [2.75, 3.05) is 6.61 Å². The van der Waals surface area contributed by atoms with Crippen LogP contribution in [0.5, 0.6) is 0 Å². The first-order valence-electron chi connectivity index (χ1n) is 3.59. The fraction of sp³-hybridized carbons (Fsp3) is 0.571. The molecule has 0 unspecified atom stereocenters. The molecule has 0 fully saturated rings. The van der Waals surface area contributed by atoms with Crippen molar-refractivity contribution in [3.05, 3.63) is 22.6 Å². The SMILES string of the molecule is CCOC(=O)/C=C/[C@@H](C)N=[N+]=[N-]. The second-order valence-electron chi connectivity index (χ2n) is 2.06. The normalized spacial score (nSPS) is 12.2. The molecule has 0 aliphatic carbocycles. The molecule has 0 aromatic rings. The molecule has 0 aliphatic heterocycles. The minimum atomic E-state index is -0.419. The average molecular weight is 169 g/mol. The smallest absolute Gasteiger partial charge is 0.330 e.